The van der Waals surface area contributed by atoms with Crippen LogP contribution in [0.15, 0.2) is 66.7 Å². The van der Waals surface area contributed by atoms with Crippen LogP contribution in [0.1, 0.15) is 17.2 Å². The van der Waals surface area contributed by atoms with E-state index in [9.17, 15) is 10.2 Å². The van der Waals surface area contributed by atoms with Crippen LogP contribution < -0.4 is 0 Å². The van der Waals surface area contributed by atoms with Crippen molar-refractivity contribution in [3.8, 4) is 0 Å². The van der Waals surface area contributed by atoms with Gasteiger partial charge in [-0.3, -0.25) is 0 Å². The van der Waals surface area contributed by atoms with E-state index in [1.807, 2.05) is 30.3 Å². The normalized spacial score (nSPS) is 19.9. The Balaban J connectivity index is 2.07. The Kier molecular flexibility index (Phi) is 2.81. The molecule has 2 unspecified atom stereocenters. The Bertz CT molecular complexity index is 1140. The summed E-state index contributed by atoms with van der Waals surface area (Å²) >= 11 is 0. The highest BCUT2D eigenvalue weighted by Crippen LogP contribution is 2.41. The summed E-state index contributed by atoms with van der Waals surface area (Å²) in [5.74, 6) is 0. The summed E-state index contributed by atoms with van der Waals surface area (Å²) in [5.41, 5.74) is 1.83. The van der Waals surface area contributed by atoms with Gasteiger partial charge in [0, 0.05) is 0 Å². The SMILES string of the molecule is OC1C=Cc2c(c3cc4ccccc4cc3c3ccccc23)C1O. The van der Waals surface area contributed by atoms with E-state index < -0.39 is 12.2 Å². The minimum atomic E-state index is -0.904. The standard InChI is InChI=1S/C22H16O2/c23-20-10-9-17-15-7-3-4-8-16(15)18-11-13-5-1-2-6-14(13)12-19(18)21(17)22(20)24/h1-12,20,22-24H. The lowest BCUT2D eigenvalue weighted by atomic mass is 9.83. The lowest BCUT2D eigenvalue weighted by molar-refractivity contribution is 0.0481. The van der Waals surface area contributed by atoms with Gasteiger partial charge in [-0.1, -0.05) is 60.7 Å². The molecule has 2 N–H and O–H groups in total. The van der Waals surface area contributed by atoms with Gasteiger partial charge in [-0.2, -0.15) is 0 Å². The molecular formula is C22H16O2. The average molecular weight is 312 g/mol. The van der Waals surface area contributed by atoms with E-state index in [4.69, 9.17) is 0 Å². The first-order valence-electron chi connectivity index (χ1n) is 8.15. The number of aliphatic hydroxyl groups is 2. The summed E-state index contributed by atoms with van der Waals surface area (Å²) in [7, 11) is 0. The van der Waals surface area contributed by atoms with E-state index in [0.29, 0.717) is 0 Å². The van der Waals surface area contributed by atoms with Crippen molar-refractivity contribution < 1.29 is 10.2 Å². The molecular weight excluding hydrogens is 296 g/mol. The van der Waals surface area contributed by atoms with Crippen LogP contribution in [0.5, 0.6) is 0 Å². The third-order valence-corrected chi connectivity index (χ3v) is 5.05. The van der Waals surface area contributed by atoms with Crippen LogP contribution >= 0.6 is 0 Å². The molecule has 4 aromatic rings. The first kappa shape index (κ1) is 13.7. The molecule has 0 fully saturated rings. The fourth-order valence-electron chi connectivity index (χ4n) is 3.90. The highest BCUT2D eigenvalue weighted by molar-refractivity contribution is 6.16. The molecule has 5 rings (SSSR count). The Labute approximate surface area is 139 Å². The van der Waals surface area contributed by atoms with Gasteiger partial charge in [0.2, 0.25) is 0 Å². The maximum atomic E-state index is 10.7. The van der Waals surface area contributed by atoms with Gasteiger partial charge in [-0.15, -0.1) is 0 Å². The molecule has 2 atom stereocenters. The summed E-state index contributed by atoms with van der Waals surface area (Å²) in [6, 6.07) is 20.8. The highest BCUT2D eigenvalue weighted by Gasteiger charge is 2.26. The Morgan fingerprint density at radius 3 is 2.04 bits per heavy atom. The molecule has 1 aliphatic rings. The van der Waals surface area contributed by atoms with E-state index in [-0.39, 0.29) is 0 Å². The van der Waals surface area contributed by atoms with Gasteiger partial charge < -0.3 is 10.2 Å². The average Bonchev–Trinajstić information content (AvgIpc) is 2.63. The van der Waals surface area contributed by atoms with Crippen LogP contribution in [0, 0.1) is 0 Å². The molecule has 0 bridgehead atoms. The van der Waals surface area contributed by atoms with Gasteiger partial charge in [0.1, 0.15) is 12.2 Å². The Hall–Kier alpha value is -2.68. The molecule has 0 aliphatic heterocycles. The second-order valence-corrected chi connectivity index (χ2v) is 6.41. The van der Waals surface area contributed by atoms with E-state index in [2.05, 4.69) is 36.4 Å². The van der Waals surface area contributed by atoms with E-state index in [0.717, 1.165) is 32.7 Å². The predicted octanol–water partition coefficient (Wildman–Crippen LogP) is 4.57. The molecule has 0 amide bonds. The van der Waals surface area contributed by atoms with Gasteiger partial charge in [0.25, 0.3) is 0 Å². The topological polar surface area (TPSA) is 40.5 Å². The van der Waals surface area contributed by atoms with E-state index in [1.54, 1.807) is 6.08 Å². The molecule has 0 aromatic heterocycles. The lowest BCUT2D eigenvalue weighted by Crippen LogP contribution is -2.20. The minimum absolute atomic E-state index is 0.824. The van der Waals surface area contributed by atoms with E-state index in [1.165, 1.54) is 10.8 Å². The van der Waals surface area contributed by atoms with Crippen molar-refractivity contribution in [2.45, 2.75) is 12.2 Å². The van der Waals surface area contributed by atoms with Crippen molar-refractivity contribution in [3.63, 3.8) is 0 Å². The zero-order chi connectivity index (χ0) is 16.3. The maximum absolute atomic E-state index is 10.7. The zero-order valence-corrected chi connectivity index (χ0v) is 13.0. The summed E-state index contributed by atoms with van der Waals surface area (Å²) in [6.45, 7) is 0. The molecule has 0 saturated carbocycles. The van der Waals surface area contributed by atoms with Crippen LogP contribution in [-0.4, -0.2) is 16.3 Å². The molecule has 2 nitrogen and oxygen atoms in total. The van der Waals surface area contributed by atoms with Crippen LogP contribution in [0.4, 0.5) is 0 Å². The maximum Gasteiger partial charge on any atom is 0.110 e. The predicted molar refractivity (Wildman–Crippen MR) is 99.0 cm³/mol. The molecule has 2 heteroatoms. The van der Waals surface area contributed by atoms with Gasteiger partial charge in [0.05, 0.1) is 0 Å². The fraction of sp³-hybridized carbons (Fsp3) is 0.0909. The fourth-order valence-corrected chi connectivity index (χ4v) is 3.90. The Morgan fingerprint density at radius 1 is 0.667 bits per heavy atom. The van der Waals surface area contributed by atoms with Gasteiger partial charge in [0.15, 0.2) is 0 Å². The third-order valence-electron chi connectivity index (χ3n) is 5.05. The zero-order valence-electron chi connectivity index (χ0n) is 13.0. The quantitative estimate of drug-likeness (QED) is 0.369. The number of hydrogen-bond acceptors (Lipinski definition) is 2. The molecule has 0 heterocycles. The molecule has 1 aliphatic carbocycles. The van der Waals surface area contributed by atoms with Crippen molar-refractivity contribution >= 4 is 38.4 Å². The second kappa shape index (κ2) is 4.91. The largest absolute Gasteiger partial charge is 0.386 e. The number of fused-ring (bicyclic) bond motifs is 7. The number of rotatable bonds is 0. The van der Waals surface area contributed by atoms with Gasteiger partial charge >= 0.3 is 0 Å². The molecule has 0 spiro atoms. The van der Waals surface area contributed by atoms with Gasteiger partial charge in [-0.25, -0.2) is 0 Å². The van der Waals surface area contributed by atoms with Gasteiger partial charge in [-0.05, 0) is 55.6 Å². The lowest BCUT2D eigenvalue weighted by Gasteiger charge is -2.25. The van der Waals surface area contributed by atoms with Crippen molar-refractivity contribution in [3.05, 3.63) is 77.9 Å². The van der Waals surface area contributed by atoms with Crippen molar-refractivity contribution in [2.75, 3.05) is 0 Å². The molecule has 4 aromatic carbocycles. The van der Waals surface area contributed by atoms with E-state index >= 15 is 0 Å². The summed E-state index contributed by atoms with van der Waals surface area (Å²) < 4.78 is 0. The van der Waals surface area contributed by atoms with Crippen LogP contribution in [-0.2, 0) is 0 Å². The smallest absolute Gasteiger partial charge is 0.110 e. The first-order valence-corrected chi connectivity index (χ1v) is 8.15. The summed E-state index contributed by atoms with van der Waals surface area (Å²) in [5, 5.41) is 27.5. The molecule has 24 heavy (non-hydrogen) atoms. The summed E-state index contributed by atoms with van der Waals surface area (Å²) in [4.78, 5) is 0. The number of aliphatic hydroxyl groups excluding tert-OH is 2. The molecule has 0 radical (unpaired) electrons. The monoisotopic (exact) mass is 312 g/mol. The Morgan fingerprint density at radius 2 is 1.29 bits per heavy atom. The molecule has 0 saturated heterocycles. The van der Waals surface area contributed by atoms with Crippen LogP contribution in [0.25, 0.3) is 38.4 Å². The summed E-state index contributed by atoms with van der Waals surface area (Å²) in [6.07, 6.45) is 1.84. The van der Waals surface area contributed by atoms with Crippen LogP contribution in [0.3, 0.4) is 0 Å². The van der Waals surface area contributed by atoms with Crippen molar-refractivity contribution in [1.29, 1.82) is 0 Å². The number of benzene rings is 4. The second-order valence-electron chi connectivity index (χ2n) is 6.41. The minimum Gasteiger partial charge on any atom is -0.386 e. The molecule has 116 valence electrons. The third kappa shape index (κ3) is 1.78. The first-order chi connectivity index (χ1) is 11.7. The van der Waals surface area contributed by atoms with Crippen molar-refractivity contribution in [1.82, 2.24) is 0 Å². The highest BCUT2D eigenvalue weighted by atomic mass is 16.3. The van der Waals surface area contributed by atoms with Crippen LogP contribution in [0.2, 0.25) is 0 Å². The van der Waals surface area contributed by atoms with Crippen molar-refractivity contribution in [2.24, 2.45) is 0 Å². The number of hydrogen-bond donors (Lipinski definition) is 2.